The molecule has 0 aromatic carbocycles. The fourth-order valence-electron chi connectivity index (χ4n) is 1.22. The number of aliphatic hydroxyl groups is 1. The molecule has 0 fully saturated rings. The molecule has 0 bridgehead atoms. The SMILES string of the molecule is CCn1cc(S(=O)(=O)NC)cc1CO. The highest BCUT2D eigenvalue weighted by atomic mass is 32.2. The third kappa shape index (κ3) is 1.97. The third-order valence-electron chi connectivity index (χ3n) is 2.04. The van der Waals surface area contributed by atoms with Crippen LogP contribution in [-0.4, -0.2) is 25.1 Å². The topological polar surface area (TPSA) is 71.3 Å². The molecule has 0 atom stereocenters. The number of nitrogens with zero attached hydrogens (tertiary/aromatic N) is 1. The molecule has 5 nitrogen and oxygen atoms in total. The van der Waals surface area contributed by atoms with Crippen molar-refractivity contribution in [2.24, 2.45) is 0 Å². The minimum atomic E-state index is -3.40. The molecule has 1 heterocycles. The molecule has 0 saturated carbocycles. The van der Waals surface area contributed by atoms with Gasteiger partial charge in [-0.2, -0.15) is 0 Å². The molecule has 80 valence electrons. The zero-order valence-electron chi connectivity index (χ0n) is 8.19. The normalized spacial score (nSPS) is 11.9. The lowest BCUT2D eigenvalue weighted by Gasteiger charge is -2.00. The van der Waals surface area contributed by atoms with E-state index in [0.717, 1.165) is 0 Å². The van der Waals surface area contributed by atoms with E-state index in [9.17, 15) is 8.42 Å². The van der Waals surface area contributed by atoms with Gasteiger partial charge in [0.05, 0.1) is 11.5 Å². The van der Waals surface area contributed by atoms with E-state index in [0.29, 0.717) is 12.2 Å². The van der Waals surface area contributed by atoms with Gasteiger partial charge in [-0.05, 0) is 20.0 Å². The Labute approximate surface area is 83.4 Å². The van der Waals surface area contributed by atoms with Crippen LogP contribution in [0, 0.1) is 0 Å². The standard InChI is InChI=1S/C8H14N2O3S/c1-3-10-5-8(4-7(10)6-11)14(12,13)9-2/h4-5,9,11H,3,6H2,1-2H3. The lowest BCUT2D eigenvalue weighted by Crippen LogP contribution is -2.17. The van der Waals surface area contributed by atoms with E-state index in [2.05, 4.69) is 4.72 Å². The Hall–Kier alpha value is -0.850. The fraction of sp³-hybridized carbons (Fsp3) is 0.500. The third-order valence-corrected chi connectivity index (χ3v) is 3.42. The highest BCUT2D eigenvalue weighted by molar-refractivity contribution is 7.89. The maximum Gasteiger partial charge on any atom is 0.241 e. The lowest BCUT2D eigenvalue weighted by atomic mass is 10.4. The molecule has 0 saturated heterocycles. The van der Waals surface area contributed by atoms with E-state index in [1.54, 1.807) is 4.57 Å². The van der Waals surface area contributed by atoms with Crippen molar-refractivity contribution < 1.29 is 13.5 Å². The average molecular weight is 218 g/mol. The van der Waals surface area contributed by atoms with Crippen LogP contribution in [0.4, 0.5) is 0 Å². The van der Waals surface area contributed by atoms with E-state index < -0.39 is 10.0 Å². The number of aromatic nitrogens is 1. The largest absolute Gasteiger partial charge is 0.390 e. The molecule has 0 aliphatic heterocycles. The van der Waals surface area contributed by atoms with E-state index in [1.807, 2.05) is 6.92 Å². The van der Waals surface area contributed by atoms with Crippen molar-refractivity contribution in [3.8, 4) is 0 Å². The molecule has 1 aromatic rings. The zero-order chi connectivity index (χ0) is 10.8. The van der Waals surface area contributed by atoms with Crippen LogP contribution in [0.2, 0.25) is 0 Å². The molecule has 0 unspecified atom stereocenters. The second kappa shape index (κ2) is 4.12. The Bertz CT molecular complexity index is 387. The molecule has 0 radical (unpaired) electrons. The van der Waals surface area contributed by atoms with E-state index >= 15 is 0 Å². The van der Waals surface area contributed by atoms with Crippen molar-refractivity contribution in [2.45, 2.75) is 25.0 Å². The van der Waals surface area contributed by atoms with Gasteiger partial charge in [-0.3, -0.25) is 0 Å². The first-order valence-electron chi connectivity index (χ1n) is 4.28. The van der Waals surface area contributed by atoms with Crippen LogP contribution in [0.15, 0.2) is 17.2 Å². The Kier molecular flexibility index (Phi) is 3.30. The highest BCUT2D eigenvalue weighted by Gasteiger charge is 2.15. The van der Waals surface area contributed by atoms with Crippen molar-refractivity contribution in [2.75, 3.05) is 7.05 Å². The van der Waals surface area contributed by atoms with Crippen molar-refractivity contribution in [3.05, 3.63) is 18.0 Å². The van der Waals surface area contributed by atoms with Crippen LogP contribution >= 0.6 is 0 Å². The van der Waals surface area contributed by atoms with Crippen LogP contribution < -0.4 is 4.72 Å². The molecule has 1 aromatic heterocycles. The molecule has 0 aliphatic carbocycles. The summed E-state index contributed by atoms with van der Waals surface area (Å²) in [5, 5.41) is 8.97. The number of aryl methyl sites for hydroxylation is 1. The van der Waals surface area contributed by atoms with Gasteiger partial charge in [0.15, 0.2) is 0 Å². The number of nitrogens with one attached hydrogen (secondary N) is 1. The molecule has 0 spiro atoms. The van der Waals surface area contributed by atoms with Gasteiger partial charge < -0.3 is 9.67 Å². The average Bonchev–Trinajstić information content (AvgIpc) is 2.61. The number of aliphatic hydroxyl groups excluding tert-OH is 1. The maximum atomic E-state index is 11.4. The van der Waals surface area contributed by atoms with Crippen LogP contribution in [0.5, 0.6) is 0 Å². The second-order valence-corrected chi connectivity index (χ2v) is 4.71. The Morgan fingerprint density at radius 1 is 1.57 bits per heavy atom. The summed E-state index contributed by atoms with van der Waals surface area (Å²) in [6, 6.07) is 1.47. The maximum absolute atomic E-state index is 11.4. The van der Waals surface area contributed by atoms with Gasteiger partial charge in [-0.25, -0.2) is 13.1 Å². The predicted octanol–water partition coefficient (Wildman–Crippen LogP) is -0.0916. The highest BCUT2D eigenvalue weighted by Crippen LogP contribution is 2.13. The summed E-state index contributed by atoms with van der Waals surface area (Å²) in [4.78, 5) is 0.186. The summed E-state index contributed by atoms with van der Waals surface area (Å²) >= 11 is 0. The van der Waals surface area contributed by atoms with Crippen molar-refractivity contribution in [3.63, 3.8) is 0 Å². The smallest absolute Gasteiger partial charge is 0.241 e. The van der Waals surface area contributed by atoms with Gasteiger partial charge in [-0.1, -0.05) is 0 Å². The summed E-state index contributed by atoms with van der Waals surface area (Å²) < 4.78 is 26.7. The number of sulfonamides is 1. The summed E-state index contributed by atoms with van der Waals surface area (Å²) in [6.45, 7) is 2.36. The Balaban J connectivity index is 3.20. The van der Waals surface area contributed by atoms with Crippen LogP contribution in [-0.2, 0) is 23.2 Å². The van der Waals surface area contributed by atoms with Gasteiger partial charge in [0.25, 0.3) is 0 Å². The lowest BCUT2D eigenvalue weighted by molar-refractivity contribution is 0.271. The molecule has 14 heavy (non-hydrogen) atoms. The molecule has 2 N–H and O–H groups in total. The van der Waals surface area contributed by atoms with Crippen molar-refractivity contribution in [1.82, 2.24) is 9.29 Å². The molecular formula is C8H14N2O3S. The molecule has 1 rings (SSSR count). The number of rotatable bonds is 4. The first kappa shape index (κ1) is 11.2. The monoisotopic (exact) mass is 218 g/mol. The van der Waals surface area contributed by atoms with Crippen LogP contribution in [0.3, 0.4) is 0 Å². The Morgan fingerprint density at radius 2 is 2.21 bits per heavy atom. The first-order chi connectivity index (χ1) is 6.55. The van der Waals surface area contributed by atoms with E-state index in [-0.39, 0.29) is 11.5 Å². The van der Waals surface area contributed by atoms with Gasteiger partial charge in [0, 0.05) is 18.4 Å². The van der Waals surface area contributed by atoms with Gasteiger partial charge in [0.1, 0.15) is 0 Å². The number of hydrogen-bond acceptors (Lipinski definition) is 3. The van der Waals surface area contributed by atoms with Crippen LogP contribution in [0.1, 0.15) is 12.6 Å². The van der Waals surface area contributed by atoms with Gasteiger partial charge >= 0.3 is 0 Å². The minimum Gasteiger partial charge on any atom is -0.390 e. The van der Waals surface area contributed by atoms with Crippen molar-refractivity contribution >= 4 is 10.0 Å². The van der Waals surface area contributed by atoms with E-state index in [4.69, 9.17) is 5.11 Å². The second-order valence-electron chi connectivity index (χ2n) is 2.82. The summed E-state index contributed by atoms with van der Waals surface area (Å²) in [6.07, 6.45) is 1.51. The molecular weight excluding hydrogens is 204 g/mol. The van der Waals surface area contributed by atoms with Gasteiger partial charge in [0.2, 0.25) is 10.0 Å². The minimum absolute atomic E-state index is 0.160. The van der Waals surface area contributed by atoms with Crippen molar-refractivity contribution in [1.29, 1.82) is 0 Å². The fourth-order valence-corrected chi connectivity index (χ4v) is 2.01. The zero-order valence-corrected chi connectivity index (χ0v) is 9.00. The molecule has 6 heteroatoms. The summed E-state index contributed by atoms with van der Waals surface area (Å²) in [5.41, 5.74) is 0.598. The van der Waals surface area contributed by atoms with Crippen LogP contribution in [0.25, 0.3) is 0 Å². The molecule has 0 aliphatic rings. The first-order valence-corrected chi connectivity index (χ1v) is 5.77. The molecule has 0 amide bonds. The quantitative estimate of drug-likeness (QED) is 0.742. The summed E-state index contributed by atoms with van der Waals surface area (Å²) in [7, 11) is -2.04. The number of hydrogen-bond donors (Lipinski definition) is 2. The predicted molar refractivity (Wildman–Crippen MR) is 52.3 cm³/mol. The van der Waals surface area contributed by atoms with Gasteiger partial charge in [-0.15, -0.1) is 0 Å². The summed E-state index contributed by atoms with van der Waals surface area (Å²) in [5.74, 6) is 0. The Morgan fingerprint density at radius 3 is 2.57 bits per heavy atom. The van der Waals surface area contributed by atoms with E-state index in [1.165, 1.54) is 19.3 Å².